The van der Waals surface area contributed by atoms with Gasteiger partial charge < -0.3 is 9.64 Å². The Morgan fingerprint density at radius 3 is 2.38 bits per heavy atom. The highest BCUT2D eigenvalue weighted by molar-refractivity contribution is 7.96. The summed E-state index contributed by atoms with van der Waals surface area (Å²) in [6, 6.07) is 7.34. The fourth-order valence-corrected chi connectivity index (χ4v) is 3.84. The molecule has 13 heteroatoms. The summed E-state index contributed by atoms with van der Waals surface area (Å²) in [6.07, 6.45) is -1.00. The largest absolute Gasteiger partial charge is 0.441 e. The van der Waals surface area contributed by atoms with Crippen LogP contribution in [0.5, 0.6) is 0 Å². The van der Waals surface area contributed by atoms with Crippen molar-refractivity contribution in [2.45, 2.75) is 6.10 Å². The van der Waals surface area contributed by atoms with Crippen molar-refractivity contribution in [2.24, 2.45) is 5.14 Å². The number of anilines is 2. The number of hydroxylamine groups is 2. The van der Waals surface area contributed by atoms with Crippen molar-refractivity contribution < 1.29 is 27.6 Å². The highest BCUT2D eigenvalue weighted by atomic mass is 32.2. The Labute approximate surface area is 174 Å². The van der Waals surface area contributed by atoms with E-state index in [4.69, 9.17) is 14.7 Å². The molecule has 29 heavy (non-hydrogen) atoms. The fourth-order valence-electron chi connectivity index (χ4n) is 3.11. The number of nitrogens with two attached hydrogens (primary N) is 1. The summed E-state index contributed by atoms with van der Waals surface area (Å²) in [7, 11) is -2.24. The summed E-state index contributed by atoms with van der Waals surface area (Å²) in [4.78, 5) is 31.9. The smallest absolute Gasteiger partial charge is 0.414 e. The number of benzene rings is 1. The number of hydrogen-bond donors (Lipinski definition) is 2. The molecule has 2 aliphatic rings. The molecule has 11 nitrogen and oxygen atoms in total. The fraction of sp³-hybridized carbons (Fsp3) is 0.500. The molecule has 2 saturated heterocycles. The van der Waals surface area contributed by atoms with E-state index in [1.807, 2.05) is 12.1 Å². The minimum Gasteiger partial charge on any atom is -0.441 e. The number of ether oxygens (including phenoxy) is 1. The highest BCUT2D eigenvalue weighted by Gasteiger charge is 2.33. The molecule has 2 N–H and O–H groups in total. The Balaban J connectivity index is 1.56. The number of carbonyl (C=O) groups is 2. The van der Waals surface area contributed by atoms with Crippen LogP contribution in [0.4, 0.5) is 21.0 Å². The lowest BCUT2D eigenvalue weighted by Crippen LogP contribution is -2.50. The van der Waals surface area contributed by atoms with E-state index in [0.29, 0.717) is 38.4 Å². The SMILES string of the molecule is CN(OC[C@@H]1CN(c2ccc(N3CCN(S(N)(=O)=O)CC3)cc2)C(=O)O1)C(=O)S. The Bertz CT molecular complexity index is 857. The number of nitrogens with zero attached hydrogens (tertiary/aromatic N) is 4. The Kier molecular flexibility index (Phi) is 6.53. The first-order valence-electron chi connectivity index (χ1n) is 8.86. The summed E-state index contributed by atoms with van der Waals surface area (Å²) in [6.45, 7) is 2.03. The van der Waals surface area contributed by atoms with Crippen molar-refractivity contribution in [3.63, 3.8) is 0 Å². The van der Waals surface area contributed by atoms with Gasteiger partial charge in [-0.1, -0.05) is 12.6 Å². The topological polar surface area (TPSA) is 126 Å². The van der Waals surface area contributed by atoms with Crippen LogP contribution in [0.3, 0.4) is 0 Å². The first-order chi connectivity index (χ1) is 13.6. The van der Waals surface area contributed by atoms with Crippen LogP contribution in [0.25, 0.3) is 0 Å². The quantitative estimate of drug-likeness (QED) is 0.475. The Morgan fingerprint density at radius 2 is 1.83 bits per heavy atom. The van der Waals surface area contributed by atoms with Gasteiger partial charge in [0.2, 0.25) is 0 Å². The zero-order valence-corrected chi connectivity index (χ0v) is 17.5. The van der Waals surface area contributed by atoms with E-state index >= 15 is 0 Å². The second-order valence-electron chi connectivity index (χ2n) is 6.64. The van der Waals surface area contributed by atoms with E-state index < -0.39 is 27.6 Å². The number of thiol groups is 1. The lowest BCUT2D eigenvalue weighted by molar-refractivity contribution is -0.113. The molecule has 0 saturated carbocycles. The van der Waals surface area contributed by atoms with Crippen LogP contribution in [0, 0.1) is 0 Å². The summed E-state index contributed by atoms with van der Waals surface area (Å²) in [5.74, 6) is 0. The lowest BCUT2D eigenvalue weighted by atomic mass is 10.2. The number of amides is 2. The molecule has 0 spiro atoms. The monoisotopic (exact) mass is 445 g/mol. The minimum atomic E-state index is -3.66. The van der Waals surface area contributed by atoms with Crippen LogP contribution in [-0.2, 0) is 19.8 Å². The molecule has 2 heterocycles. The van der Waals surface area contributed by atoms with E-state index in [2.05, 4.69) is 17.5 Å². The minimum absolute atomic E-state index is 0.0391. The molecular weight excluding hydrogens is 422 g/mol. The van der Waals surface area contributed by atoms with Gasteiger partial charge in [-0.15, -0.1) is 0 Å². The molecule has 0 aromatic heterocycles. The van der Waals surface area contributed by atoms with Gasteiger partial charge in [-0.3, -0.25) is 14.5 Å². The van der Waals surface area contributed by atoms with E-state index in [1.165, 1.54) is 16.3 Å². The number of hydrogen-bond acceptors (Lipinski definition) is 7. The second kappa shape index (κ2) is 8.75. The predicted molar refractivity (Wildman–Crippen MR) is 109 cm³/mol. The van der Waals surface area contributed by atoms with E-state index in [-0.39, 0.29) is 6.61 Å². The molecule has 160 valence electrons. The molecule has 3 rings (SSSR count). The molecule has 0 radical (unpaired) electrons. The standard InChI is InChI=1S/C16H23N5O6S2/c1-18(16(23)28)26-11-14-10-21(15(22)27-14)13-4-2-12(3-5-13)19-6-8-20(9-7-19)29(17,24)25/h2-5,14H,6-11H2,1H3,(H,23,28)(H2,17,24,25)/t14-/m0/s1. The third-order valence-electron chi connectivity index (χ3n) is 4.72. The molecule has 1 aromatic rings. The van der Waals surface area contributed by atoms with Crippen LogP contribution in [0.15, 0.2) is 24.3 Å². The van der Waals surface area contributed by atoms with Crippen molar-refractivity contribution >= 4 is 45.5 Å². The van der Waals surface area contributed by atoms with Gasteiger partial charge in [0, 0.05) is 44.6 Å². The van der Waals surface area contributed by atoms with Gasteiger partial charge in [-0.2, -0.15) is 12.7 Å². The summed E-state index contributed by atoms with van der Waals surface area (Å²) in [5, 5.41) is 5.57. The number of piperazine rings is 1. The van der Waals surface area contributed by atoms with Gasteiger partial charge in [0.15, 0.2) is 0 Å². The van der Waals surface area contributed by atoms with Gasteiger partial charge in [0.05, 0.1) is 6.54 Å². The highest BCUT2D eigenvalue weighted by Crippen LogP contribution is 2.26. The van der Waals surface area contributed by atoms with Crippen molar-refractivity contribution in [3.8, 4) is 0 Å². The van der Waals surface area contributed by atoms with Gasteiger partial charge >= 0.3 is 11.3 Å². The number of carbonyl (C=O) groups excluding carboxylic acids is 2. The molecule has 0 bridgehead atoms. The van der Waals surface area contributed by atoms with Crippen LogP contribution < -0.4 is 14.9 Å². The Hall–Kier alpha value is -2.06. The predicted octanol–water partition coefficient (Wildman–Crippen LogP) is 0.251. The molecular formula is C16H23N5O6S2. The van der Waals surface area contributed by atoms with E-state index in [1.54, 1.807) is 12.1 Å². The summed E-state index contributed by atoms with van der Waals surface area (Å²) < 4.78 is 29.3. The van der Waals surface area contributed by atoms with Crippen molar-refractivity contribution in [3.05, 3.63) is 24.3 Å². The zero-order chi connectivity index (χ0) is 21.2. The van der Waals surface area contributed by atoms with Crippen LogP contribution in [-0.4, -0.2) is 81.6 Å². The maximum absolute atomic E-state index is 12.1. The first kappa shape index (κ1) is 21.6. The zero-order valence-electron chi connectivity index (χ0n) is 15.8. The van der Waals surface area contributed by atoms with Crippen molar-refractivity contribution in [1.82, 2.24) is 9.37 Å². The normalized spacial score (nSPS) is 20.7. The van der Waals surface area contributed by atoms with Gasteiger partial charge in [-0.25, -0.2) is 15.0 Å². The van der Waals surface area contributed by atoms with Crippen molar-refractivity contribution in [1.29, 1.82) is 0 Å². The van der Waals surface area contributed by atoms with Crippen LogP contribution in [0.2, 0.25) is 0 Å². The van der Waals surface area contributed by atoms with Gasteiger partial charge in [0.25, 0.3) is 10.2 Å². The first-order valence-corrected chi connectivity index (χ1v) is 10.8. The van der Waals surface area contributed by atoms with Crippen LogP contribution >= 0.6 is 12.6 Å². The molecule has 0 aliphatic carbocycles. The van der Waals surface area contributed by atoms with Crippen molar-refractivity contribution in [2.75, 3.05) is 56.2 Å². The summed E-state index contributed by atoms with van der Waals surface area (Å²) >= 11 is 3.64. The number of cyclic esters (lactones) is 1. The molecule has 2 fully saturated rings. The molecule has 0 unspecified atom stereocenters. The molecule has 1 atom stereocenters. The van der Waals surface area contributed by atoms with Gasteiger partial charge in [0.1, 0.15) is 12.7 Å². The number of rotatable bonds is 6. The van der Waals surface area contributed by atoms with Crippen LogP contribution in [0.1, 0.15) is 0 Å². The third-order valence-corrected chi connectivity index (χ3v) is 6.09. The molecule has 2 aliphatic heterocycles. The average Bonchev–Trinajstić information content (AvgIpc) is 3.06. The van der Waals surface area contributed by atoms with E-state index in [9.17, 15) is 18.0 Å². The summed E-state index contributed by atoms with van der Waals surface area (Å²) in [5.41, 5.74) is 1.59. The molecule has 1 aromatic carbocycles. The van der Waals surface area contributed by atoms with Gasteiger partial charge in [-0.05, 0) is 24.3 Å². The average molecular weight is 446 g/mol. The van der Waals surface area contributed by atoms with E-state index in [0.717, 1.165) is 10.8 Å². The maximum Gasteiger partial charge on any atom is 0.414 e. The lowest BCUT2D eigenvalue weighted by Gasteiger charge is -2.34. The maximum atomic E-state index is 12.1. The molecule has 2 amide bonds. The third kappa shape index (κ3) is 5.30. The second-order valence-corrected chi connectivity index (χ2v) is 8.57. The Morgan fingerprint density at radius 1 is 1.24 bits per heavy atom.